The Kier molecular flexibility index (Phi) is 3.98. The number of halogens is 1. The number of sulfone groups is 1. The molecule has 0 aromatic heterocycles. The van der Waals surface area contributed by atoms with E-state index in [1.165, 1.54) is 12.1 Å². The van der Waals surface area contributed by atoms with E-state index < -0.39 is 26.4 Å². The third-order valence-corrected chi connectivity index (χ3v) is 6.95. The molecule has 1 aliphatic carbocycles. The molecule has 1 aliphatic rings. The molecule has 0 bridgehead atoms. The molecule has 0 radical (unpaired) electrons. The zero-order chi connectivity index (χ0) is 17.5. The third-order valence-electron chi connectivity index (χ3n) is 4.46. The highest BCUT2D eigenvalue weighted by atomic mass is 35.5. The number of carbonyl (C=O) groups excluding carboxylic acids is 1. The van der Waals surface area contributed by atoms with Gasteiger partial charge in [0, 0.05) is 10.9 Å². The lowest BCUT2D eigenvalue weighted by molar-refractivity contribution is -0.110. The molecule has 122 valence electrons. The number of hydrogen-bond donors (Lipinski definition) is 0. The second-order valence-corrected chi connectivity index (χ2v) is 8.48. The van der Waals surface area contributed by atoms with E-state index in [1.807, 2.05) is 13.0 Å². The summed E-state index contributed by atoms with van der Waals surface area (Å²) < 4.78 is 25.9. The van der Waals surface area contributed by atoms with Crippen molar-refractivity contribution in [2.24, 2.45) is 5.41 Å². The molecule has 0 heterocycles. The van der Waals surface area contributed by atoms with Gasteiger partial charge in [0.25, 0.3) is 0 Å². The SMILES string of the molecule is Cc1ccc(S(=O)(=O)[C@H]2[C@@H](c3cccc(Cl)c3)[C@]2(C#N)C=O)cc1. The van der Waals surface area contributed by atoms with Crippen molar-refractivity contribution in [1.82, 2.24) is 0 Å². The summed E-state index contributed by atoms with van der Waals surface area (Å²) in [4.78, 5) is 11.7. The van der Waals surface area contributed by atoms with Crippen LogP contribution < -0.4 is 0 Å². The average molecular weight is 360 g/mol. The van der Waals surface area contributed by atoms with E-state index in [9.17, 15) is 18.5 Å². The van der Waals surface area contributed by atoms with Gasteiger partial charge < -0.3 is 4.79 Å². The minimum Gasteiger partial charge on any atom is -0.302 e. The fourth-order valence-corrected chi connectivity index (χ4v) is 5.57. The van der Waals surface area contributed by atoms with Crippen LogP contribution in [0, 0.1) is 23.7 Å². The van der Waals surface area contributed by atoms with Gasteiger partial charge in [0.15, 0.2) is 9.84 Å². The Hall–Kier alpha value is -2.16. The van der Waals surface area contributed by atoms with E-state index in [4.69, 9.17) is 11.6 Å². The zero-order valence-corrected chi connectivity index (χ0v) is 14.4. The number of hydrogen-bond acceptors (Lipinski definition) is 4. The molecule has 0 spiro atoms. The Labute approximate surface area is 145 Å². The molecule has 2 aromatic rings. The normalized spacial score (nSPS) is 25.7. The van der Waals surface area contributed by atoms with Crippen molar-refractivity contribution < 1.29 is 13.2 Å². The first-order chi connectivity index (χ1) is 11.4. The lowest BCUT2D eigenvalue weighted by atomic mass is 10.0. The molecule has 6 heteroatoms. The summed E-state index contributed by atoms with van der Waals surface area (Å²) in [7, 11) is -3.82. The van der Waals surface area contributed by atoms with Crippen molar-refractivity contribution in [3.05, 3.63) is 64.7 Å². The molecule has 3 atom stereocenters. The van der Waals surface area contributed by atoms with Crippen LogP contribution in [0.25, 0.3) is 0 Å². The Bertz CT molecular complexity index is 947. The monoisotopic (exact) mass is 359 g/mol. The maximum absolute atomic E-state index is 13.0. The van der Waals surface area contributed by atoms with Gasteiger partial charge >= 0.3 is 0 Å². The summed E-state index contributed by atoms with van der Waals surface area (Å²) in [5.41, 5.74) is -0.0658. The van der Waals surface area contributed by atoms with Crippen molar-refractivity contribution >= 4 is 27.7 Å². The minimum absolute atomic E-state index is 0.115. The minimum atomic E-state index is -3.82. The molecule has 3 rings (SSSR count). The van der Waals surface area contributed by atoms with Crippen molar-refractivity contribution in [3.8, 4) is 6.07 Å². The number of carbonyl (C=O) groups is 1. The van der Waals surface area contributed by atoms with Crippen LogP contribution in [-0.2, 0) is 14.6 Å². The molecular formula is C18H14ClNO3S. The lowest BCUT2D eigenvalue weighted by Crippen LogP contribution is -2.16. The highest BCUT2D eigenvalue weighted by Gasteiger charge is 2.72. The van der Waals surface area contributed by atoms with Gasteiger partial charge in [-0.2, -0.15) is 5.26 Å². The second kappa shape index (κ2) is 5.73. The number of aldehydes is 1. The summed E-state index contributed by atoms with van der Waals surface area (Å²) in [5, 5.41) is 8.83. The predicted molar refractivity (Wildman–Crippen MR) is 90.5 cm³/mol. The molecular weight excluding hydrogens is 346 g/mol. The van der Waals surface area contributed by atoms with Crippen LogP contribution in [0.2, 0.25) is 5.02 Å². The van der Waals surface area contributed by atoms with E-state index in [-0.39, 0.29) is 4.90 Å². The molecule has 0 saturated heterocycles. The van der Waals surface area contributed by atoms with Crippen LogP contribution in [0.1, 0.15) is 17.0 Å². The maximum atomic E-state index is 13.0. The summed E-state index contributed by atoms with van der Waals surface area (Å²) in [5.74, 6) is -0.718. The number of benzene rings is 2. The number of nitrogens with zero attached hydrogens (tertiary/aromatic N) is 1. The Morgan fingerprint density at radius 1 is 1.21 bits per heavy atom. The number of aryl methyl sites for hydroxylation is 1. The summed E-state index contributed by atoms with van der Waals surface area (Å²) >= 11 is 5.97. The van der Waals surface area contributed by atoms with Gasteiger partial charge in [-0.25, -0.2) is 8.42 Å². The van der Waals surface area contributed by atoms with E-state index >= 15 is 0 Å². The van der Waals surface area contributed by atoms with Crippen LogP contribution in [0.5, 0.6) is 0 Å². The highest BCUT2D eigenvalue weighted by molar-refractivity contribution is 7.92. The van der Waals surface area contributed by atoms with E-state index in [2.05, 4.69) is 0 Å². The van der Waals surface area contributed by atoms with E-state index in [1.54, 1.807) is 36.4 Å². The number of rotatable bonds is 4. The van der Waals surface area contributed by atoms with Crippen LogP contribution in [-0.4, -0.2) is 20.0 Å². The number of nitriles is 1. The van der Waals surface area contributed by atoms with Gasteiger partial charge in [-0.05, 0) is 36.8 Å². The van der Waals surface area contributed by atoms with Crippen molar-refractivity contribution in [3.63, 3.8) is 0 Å². The van der Waals surface area contributed by atoms with Crippen LogP contribution >= 0.6 is 11.6 Å². The average Bonchev–Trinajstić information content (AvgIpc) is 3.26. The standard InChI is InChI=1S/C18H14ClNO3S/c1-12-5-7-15(8-6-12)24(22,23)17-16(18(17,10-20)11-21)13-3-2-4-14(19)9-13/h2-9,11,16-17H,1H3/t16-,17+,18+/m1/s1. The summed E-state index contributed by atoms with van der Waals surface area (Å²) in [6.07, 6.45) is 0.453. The smallest absolute Gasteiger partial charge is 0.183 e. The summed E-state index contributed by atoms with van der Waals surface area (Å²) in [6.45, 7) is 1.85. The van der Waals surface area contributed by atoms with E-state index in [0.717, 1.165) is 5.56 Å². The molecule has 0 unspecified atom stereocenters. The van der Waals surface area contributed by atoms with Crippen LogP contribution in [0.3, 0.4) is 0 Å². The zero-order valence-electron chi connectivity index (χ0n) is 12.8. The van der Waals surface area contributed by atoms with Crippen LogP contribution in [0.15, 0.2) is 53.4 Å². The second-order valence-electron chi connectivity index (χ2n) is 5.97. The van der Waals surface area contributed by atoms with Crippen molar-refractivity contribution in [2.45, 2.75) is 23.0 Å². The van der Waals surface area contributed by atoms with Gasteiger partial charge in [-0.15, -0.1) is 0 Å². The van der Waals surface area contributed by atoms with Crippen molar-refractivity contribution in [2.75, 3.05) is 0 Å². The fourth-order valence-electron chi connectivity index (χ4n) is 3.14. The fraction of sp³-hybridized carbons (Fsp3) is 0.222. The largest absolute Gasteiger partial charge is 0.302 e. The molecule has 0 aliphatic heterocycles. The lowest BCUT2D eigenvalue weighted by Gasteiger charge is -2.05. The van der Waals surface area contributed by atoms with Gasteiger partial charge in [0.05, 0.1) is 11.0 Å². The van der Waals surface area contributed by atoms with Gasteiger partial charge in [0.1, 0.15) is 17.0 Å². The summed E-state index contributed by atoms with van der Waals surface area (Å²) in [6, 6.07) is 14.9. The first kappa shape index (κ1) is 16.7. The van der Waals surface area contributed by atoms with Crippen molar-refractivity contribution in [1.29, 1.82) is 5.26 Å². The first-order valence-electron chi connectivity index (χ1n) is 7.30. The Morgan fingerprint density at radius 3 is 2.42 bits per heavy atom. The van der Waals surface area contributed by atoms with E-state index in [0.29, 0.717) is 16.9 Å². The molecule has 0 N–H and O–H groups in total. The molecule has 24 heavy (non-hydrogen) atoms. The molecule has 1 saturated carbocycles. The Morgan fingerprint density at radius 2 is 1.88 bits per heavy atom. The van der Waals surface area contributed by atoms with Crippen LogP contribution in [0.4, 0.5) is 0 Å². The topological polar surface area (TPSA) is 75.0 Å². The van der Waals surface area contributed by atoms with Gasteiger partial charge in [-0.1, -0.05) is 41.4 Å². The first-order valence-corrected chi connectivity index (χ1v) is 9.23. The molecule has 2 aromatic carbocycles. The Balaban J connectivity index is 2.10. The molecule has 0 amide bonds. The quantitative estimate of drug-likeness (QED) is 0.785. The highest BCUT2D eigenvalue weighted by Crippen LogP contribution is 2.62. The predicted octanol–water partition coefficient (Wildman–Crippen LogP) is 3.30. The maximum Gasteiger partial charge on any atom is 0.183 e. The third kappa shape index (κ3) is 2.43. The van der Waals surface area contributed by atoms with Gasteiger partial charge in [-0.3, -0.25) is 0 Å². The van der Waals surface area contributed by atoms with Gasteiger partial charge in [0.2, 0.25) is 0 Å². The molecule has 1 fully saturated rings. The molecule has 4 nitrogen and oxygen atoms in total.